The number of nitrogens with zero attached hydrogens (tertiary/aromatic N) is 3. The van der Waals surface area contributed by atoms with Crippen molar-refractivity contribution in [2.45, 2.75) is 6.54 Å². The number of halogens is 2. The van der Waals surface area contributed by atoms with E-state index in [1.54, 1.807) is 30.1 Å². The molecule has 0 atom stereocenters. The second kappa shape index (κ2) is 7.08. The van der Waals surface area contributed by atoms with Crippen molar-refractivity contribution < 1.29 is 8.78 Å². The van der Waals surface area contributed by atoms with E-state index < -0.39 is 11.6 Å². The highest BCUT2D eigenvalue weighted by atomic mass is 19.1. The smallest absolute Gasteiger partial charge is 0.153 e. The minimum Gasteiger partial charge on any atom is -0.380 e. The number of rotatable bonds is 6. The summed E-state index contributed by atoms with van der Waals surface area (Å²) in [7, 11) is 1.80. The van der Waals surface area contributed by atoms with Crippen LogP contribution in [0.1, 0.15) is 11.1 Å². The molecule has 0 aliphatic carbocycles. The lowest BCUT2D eigenvalue weighted by Gasteiger charge is -2.12. The molecule has 1 aromatic carbocycles. The fourth-order valence-electron chi connectivity index (χ4n) is 2.30. The summed E-state index contributed by atoms with van der Waals surface area (Å²) in [5, 5.41) is 17.6. The summed E-state index contributed by atoms with van der Waals surface area (Å²) in [5.74, 6) is -0.126. The van der Waals surface area contributed by atoms with Crippen molar-refractivity contribution in [3.63, 3.8) is 0 Å². The molecule has 2 aromatic heterocycles. The summed E-state index contributed by atoms with van der Waals surface area (Å²) >= 11 is 0. The topological polar surface area (TPSA) is 78.6 Å². The van der Waals surface area contributed by atoms with Crippen LogP contribution in [0.3, 0.4) is 0 Å². The van der Waals surface area contributed by atoms with Crippen molar-refractivity contribution in [1.29, 1.82) is 5.41 Å². The molecule has 6 nitrogen and oxygen atoms in total. The Morgan fingerprint density at radius 3 is 2.60 bits per heavy atom. The van der Waals surface area contributed by atoms with Crippen LogP contribution >= 0.6 is 0 Å². The summed E-state index contributed by atoms with van der Waals surface area (Å²) in [6.07, 6.45) is 4.41. The molecule has 0 bridgehead atoms. The van der Waals surface area contributed by atoms with E-state index in [0.717, 1.165) is 6.21 Å². The van der Waals surface area contributed by atoms with Gasteiger partial charge in [0, 0.05) is 61.1 Å². The number of aromatic nitrogens is 3. The van der Waals surface area contributed by atoms with Crippen LogP contribution in [0.25, 0.3) is 0 Å². The van der Waals surface area contributed by atoms with Gasteiger partial charge in [-0.3, -0.25) is 4.68 Å². The molecule has 128 valence electrons. The fraction of sp³-hybridized carbons (Fsp3) is 0.118. The Kier molecular flexibility index (Phi) is 4.69. The first-order chi connectivity index (χ1) is 12.1. The summed E-state index contributed by atoms with van der Waals surface area (Å²) < 4.78 is 29.1. The summed E-state index contributed by atoms with van der Waals surface area (Å²) in [4.78, 5) is 4.21. The molecule has 0 saturated carbocycles. The number of benzene rings is 1. The number of aryl methyl sites for hydroxylation is 1. The highest BCUT2D eigenvalue weighted by molar-refractivity contribution is 5.86. The van der Waals surface area contributed by atoms with E-state index in [4.69, 9.17) is 5.41 Å². The zero-order chi connectivity index (χ0) is 17.8. The van der Waals surface area contributed by atoms with Crippen molar-refractivity contribution in [3.8, 4) is 0 Å². The van der Waals surface area contributed by atoms with E-state index in [-0.39, 0.29) is 12.1 Å². The zero-order valence-corrected chi connectivity index (χ0v) is 13.4. The Morgan fingerprint density at radius 1 is 1.20 bits per heavy atom. The first-order valence-electron chi connectivity index (χ1n) is 7.51. The molecule has 0 amide bonds. The number of hydrogen-bond acceptors (Lipinski definition) is 5. The lowest BCUT2D eigenvalue weighted by Crippen LogP contribution is -2.07. The van der Waals surface area contributed by atoms with E-state index in [9.17, 15) is 8.78 Å². The number of hydrogen-bond donors (Lipinski definition) is 3. The average molecular weight is 342 g/mol. The van der Waals surface area contributed by atoms with Crippen LogP contribution in [-0.2, 0) is 13.6 Å². The Labute approximate surface area is 143 Å². The van der Waals surface area contributed by atoms with Crippen LogP contribution in [0, 0.1) is 17.0 Å². The molecule has 3 rings (SSSR count). The van der Waals surface area contributed by atoms with Gasteiger partial charge in [-0.2, -0.15) is 5.10 Å². The first kappa shape index (κ1) is 16.6. The van der Waals surface area contributed by atoms with Crippen molar-refractivity contribution in [2.24, 2.45) is 7.05 Å². The van der Waals surface area contributed by atoms with E-state index in [2.05, 4.69) is 20.7 Å². The first-order valence-corrected chi connectivity index (χ1v) is 7.51. The van der Waals surface area contributed by atoms with Crippen LogP contribution in [0.15, 0.2) is 42.7 Å². The van der Waals surface area contributed by atoms with Crippen LogP contribution in [0.2, 0.25) is 0 Å². The molecule has 3 aromatic rings. The van der Waals surface area contributed by atoms with Gasteiger partial charge in [0.15, 0.2) is 5.82 Å². The molecule has 0 radical (unpaired) electrons. The maximum atomic E-state index is 13.7. The van der Waals surface area contributed by atoms with E-state index in [1.165, 1.54) is 24.4 Å². The monoisotopic (exact) mass is 342 g/mol. The lowest BCUT2D eigenvalue weighted by molar-refractivity contribution is 0.560. The predicted molar refractivity (Wildman–Crippen MR) is 92.3 cm³/mol. The fourth-order valence-corrected chi connectivity index (χ4v) is 2.30. The van der Waals surface area contributed by atoms with Gasteiger partial charge in [-0.05, 0) is 12.1 Å². The third-order valence-corrected chi connectivity index (χ3v) is 3.58. The Bertz CT molecular complexity index is 886. The van der Waals surface area contributed by atoms with Gasteiger partial charge in [0.1, 0.15) is 17.5 Å². The molecular weight excluding hydrogens is 326 g/mol. The third kappa shape index (κ3) is 3.79. The minimum atomic E-state index is -0.621. The molecule has 0 spiro atoms. The van der Waals surface area contributed by atoms with Gasteiger partial charge >= 0.3 is 0 Å². The Balaban J connectivity index is 1.81. The molecule has 0 unspecified atom stereocenters. The van der Waals surface area contributed by atoms with Gasteiger partial charge < -0.3 is 16.0 Å². The van der Waals surface area contributed by atoms with Gasteiger partial charge in [-0.1, -0.05) is 6.07 Å². The van der Waals surface area contributed by atoms with Crippen LogP contribution in [0.5, 0.6) is 0 Å². The largest absolute Gasteiger partial charge is 0.380 e. The minimum absolute atomic E-state index is 0.0492. The van der Waals surface area contributed by atoms with Crippen molar-refractivity contribution >= 4 is 23.5 Å². The molecule has 0 fully saturated rings. The number of nitrogens with one attached hydrogen (secondary N) is 3. The molecule has 8 heteroatoms. The molecule has 2 heterocycles. The average Bonchev–Trinajstić information content (AvgIpc) is 2.99. The lowest BCUT2D eigenvalue weighted by atomic mass is 10.1. The quantitative estimate of drug-likeness (QED) is 0.600. The van der Waals surface area contributed by atoms with Gasteiger partial charge in [0.05, 0.1) is 0 Å². The van der Waals surface area contributed by atoms with Crippen LogP contribution < -0.4 is 10.6 Å². The molecule has 0 aliphatic heterocycles. The highest BCUT2D eigenvalue weighted by Crippen LogP contribution is 2.21. The summed E-state index contributed by atoms with van der Waals surface area (Å²) in [6.45, 7) is -0.0492. The van der Waals surface area contributed by atoms with Crippen molar-refractivity contribution in [3.05, 3.63) is 65.5 Å². The molecule has 3 N–H and O–H groups in total. The molecule has 0 saturated heterocycles. The summed E-state index contributed by atoms with van der Waals surface area (Å²) in [6, 6.07) is 7.18. The van der Waals surface area contributed by atoms with Crippen LogP contribution in [-0.4, -0.2) is 21.0 Å². The Morgan fingerprint density at radius 2 is 1.96 bits per heavy atom. The maximum Gasteiger partial charge on any atom is 0.153 e. The van der Waals surface area contributed by atoms with E-state index >= 15 is 0 Å². The number of anilines is 3. The normalized spacial score (nSPS) is 10.5. The molecule has 25 heavy (non-hydrogen) atoms. The maximum absolute atomic E-state index is 13.7. The molecule has 0 aliphatic rings. The zero-order valence-electron chi connectivity index (χ0n) is 13.4. The third-order valence-electron chi connectivity index (χ3n) is 3.58. The van der Waals surface area contributed by atoms with E-state index in [0.29, 0.717) is 22.9 Å². The second-order valence-electron chi connectivity index (χ2n) is 5.35. The molecular formula is C17H16F2N6. The van der Waals surface area contributed by atoms with Gasteiger partial charge in [-0.15, -0.1) is 0 Å². The number of pyridine rings is 1. The van der Waals surface area contributed by atoms with Gasteiger partial charge in [-0.25, -0.2) is 13.8 Å². The highest BCUT2D eigenvalue weighted by Gasteiger charge is 2.10. The van der Waals surface area contributed by atoms with Crippen molar-refractivity contribution in [1.82, 2.24) is 14.8 Å². The van der Waals surface area contributed by atoms with Gasteiger partial charge in [0.25, 0.3) is 0 Å². The SMILES string of the molecule is Cn1ccc(Nc2cc(NCc3c(F)cccc3F)c(C=N)cn2)n1. The standard InChI is InChI=1S/C17H16F2N6/c1-25-6-5-16(24-25)23-17-7-15(11(8-20)9-22-17)21-10-12-13(18)3-2-4-14(12)19/h2-9,20H,10H2,1H3,(H2,21,22,23,24). The van der Waals surface area contributed by atoms with Gasteiger partial charge in [0.2, 0.25) is 0 Å². The summed E-state index contributed by atoms with van der Waals surface area (Å²) in [5.41, 5.74) is 0.976. The van der Waals surface area contributed by atoms with E-state index in [1.807, 2.05) is 0 Å². The second-order valence-corrected chi connectivity index (χ2v) is 5.35. The Hall–Kier alpha value is -3.29. The van der Waals surface area contributed by atoms with Crippen molar-refractivity contribution in [2.75, 3.05) is 10.6 Å². The predicted octanol–water partition coefficient (Wildman–Crippen LogP) is 3.45. The van der Waals surface area contributed by atoms with Crippen LogP contribution in [0.4, 0.5) is 26.1 Å².